The maximum atomic E-state index is 13.1. The fourth-order valence-corrected chi connectivity index (χ4v) is 3.90. The Labute approximate surface area is 165 Å². The van der Waals surface area contributed by atoms with Gasteiger partial charge in [0.05, 0.1) is 0 Å². The highest BCUT2D eigenvalue weighted by molar-refractivity contribution is 5.96. The van der Waals surface area contributed by atoms with Crippen LogP contribution in [0.2, 0.25) is 0 Å². The van der Waals surface area contributed by atoms with Crippen LogP contribution < -0.4 is 5.56 Å². The van der Waals surface area contributed by atoms with Crippen molar-refractivity contribution in [1.29, 1.82) is 0 Å². The van der Waals surface area contributed by atoms with Gasteiger partial charge in [-0.1, -0.05) is 43.7 Å². The van der Waals surface area contributed by atoms with Crippen molar-refractivity contribution in [2.45, 2.75) is 58.4 Å². The summed E-state index contributed by atoms with van der Waals surface area (Å²) in [6, 6.07) is 9.95. The highest BCUT2D eigenvalue weighted by atomic mass is 16.3. The van der Waals surface area contributed by atoms with Crippen molar-refractivity contribution < 1.29 is 9.90 Å². The molecule has 2 heterocycles. The van der Waals surface area contributed by atoms with Gasteiger partial charge in [0.25, 0.3) is 11.5 Å². The van der Waals surface area contributed by atoms with E-state index in [1.54, 1.807) is 9.47 Å². The topological polar surface area (TPSA) is 75.4 Å². The molecule has 1 aromatic carbocycles. The molecule has 1 atom stereocenters. The molecule has 0 saturated carbocycles. The van der Waals surface area contributed by atoms with Gasteiger partial charge in [0.2, 0.25) is 5.88 Å². The predicted molar refractivity (Wildman–Crippen MR) is 109 cm³/mol. The van der Waals surface area contributed by atoms with E-state index in [-0.39, 0.29) is 17.5 Å². The lowest BCUT2D eigenvalue weighted by molar-refractivity contribution is 0.0783. The third-order valence-electron chi connectivity index (χ3n) is 5.40. The van der Waals surface area contributed by atoms with Crippen molar-refractivity contribution in [3.63, 3.8) is 0 Å². The van der Waals surface area contributed by atoms with E-state index in [0.29, 0.717) is 25.3 Å². The zero-order valence-electron chi connectivity index (χ0n) is 16.9. The van der Waals surface area contributed by atoms with Crippen molar-refractivity contribution >= 4 is 5.91 Å². The van der Waals surface area contributed by atoms with E-state index in [2.05, 4.69) is 24.0 Å². The zero-order valence-corrected chi connectivity index (χ0v) is 16.9. The third-order valence-corrected chi connectivity index (χ3v) is 5.40. The normalized spacial score (nSPS) is 16.7. The molecule has 1 amide bonds. The molecule has 6 nitrogen and oxygen atoms in total. The van der Waals surface area contributed by atoms with Crippen LogP contribution in [0.25, 0.3) is 0 Å². The number of hydrogen-bond donors (Lipinski definition) is 1. The maximum absolute atomic E-state index is 13.1. The Hall–Kier alpha value is -2.63. The molecule has 1 N–H and O–H groups in total. The van der Waals surface area contributed by atoms with Crippen LogP contribution in [0.4, 0.5) is 0 Å². The Balaban J connectivity index is 1.90. The summed E-state index contributed by atoms with van der Waals surface area (Å²) >= 11 is 0. The Kier molecular flexibility index (Phi) is 6.17. The monoisotopic (exact) mass is 383 g/mol. The second-order valence-corrected chi connectivity index (χ2v) is 7.75. The average molecular weight is 383 g/mol. The maximum Gasteiger partial charge on any atom is 0.270 e. The van der Waals surface area contributed by atoms with Crippen LogP contribution in [0.5, 0.6) is 5.88 Å². The molecule has 150 valence electrons. The number of rotatable bonds is 6. The molecule has 1 saturated heterocycles. The number of nitrogens with zero attached hydrogens (tertiary/aromatic N) is 3. The fourth-order valence-electron chi connectivity index (χ4n) is 3.90. The summed E-state index contributed by atoms with van der Waals surface area (Å²) in [4.78, 5) is 32.1. The Bertz CT molecular complexity index is 890. The van der Waals surface area contributed by atoms with Crippen LogP contribution in [0, 0.1) is 0 Å². The summed E-state index contributed by atoms with van der Waals surface area (Å²) in [7, 11) is 0. The van der Waals surface area contributed by atoms with E-state index >= 15 is 0 Å². The minimum Gasteiger partial charge on any atom is -0.493 e. The molecule has 1 fully saturated rings. The second kappa shape index (κ2) is 8.59. The Morgan fingerprint density at radius 1 is 1.29 bits per heavy atom. The predicted octanol–water partition coefficient (Wildman–Crippen LogP) is 3.50. The van der Waals surface area contributed by atoms with Crippen LogP contribution >= 0.6 is 0 Å². The second-order valence-electron chi connectivity index (χ2n) is 7.75. The minimum absolute atomic E-state index is 0.130. The summed E-state index contributed by atoms with van der Waals surface area (Å²) in [5, 5.41) is 10.4. The first-order chi connectivity index (χ1) is 13.4. The molecule has 0 unspecified atom stereocenters. The number of aromatic nitrogens is 2. The first-order valence-corrected chi connectivity index (χ1v) is 10.1. The molecule has 0 radical (unpaired) electrons. The lowest BCUT2D eigenvalue weighted by atomic mass is 9.99. The van der Waals surface area contributed by atoms with Crippen LogP contribution in [0.15, 0.2) is 35.1 Å². The quantitative estimate of drug-likeness (QED) is 0.828. The molecule has 1 aromatic heterocycles. The van der Waals surface area contributed by atoms with Gasteiger partial charge in [0, 0.05) is 31.5 Å². The van der Waals surface area contributed by atoms with E-state index < -0.39 is 17.3 Å². The largest absolute Gasteiger partial charge is 0.493 e. The van der Waals surface area contributed by atoms with Gasteiger partial charge >= 0.3 is 0 Å². The fraction of sp³-hybridized carbons (Fsp3) is 0.500. The number of aryl methyl sites for hydroxylation is 1. The molecule has 0 bridgehead atoms. The molecule has 0 spiro atoms. The van der Waals surface area contributed by atoms with E-state index in [1.807, 2.05) is 32.0 Å². The standard InChI is InChI=1S/C22H29N3O3/c1-4-5-11-18-23-20(26)19(22(28)25(18)15(2)3)21(27)24-13-12-17(14-24)16-9-7-6-8-10-16/h6-10,15,17,26H,4-5,11-14H2,1-3H3/t17-/m1/s1. The van der Waals surface area contributed by atoms with Gasteiger partial charge < -0.3 is 10.0 Å². The average Bonchev–Trinajstić information content (AvgIpc) is 3.16. The summed E-state index contributed by atoms with van der Waals surface area (Å²) in [6.07, 6.45) is 3.28. The highest BCUT2D eigenvalue weighted by Gasteiger charge is 2.32. The van der Waals surface area contributed by atoms with Gasteiger partial charge in [0.1, 0.15) is 5.82 Å². The number of carbonyl (C=O) groups is 1. The first-order valence-electron chi connectivity index (χ1n) is 10.1. The molecule has 28 heavy (non-hydrogen) atoms. The summed E-state index contributed by atoms with van der Waals surface area (Å²) in [5.74, 6) is -0.0816. The van der Waals surface area contributed by atoms with Crippen molar-refractivity contribution in [2.24, 2.45) is 0 Å². The van der Waals surface area contributed by atoms with Gasteiger partial charge in [-0.3, -0.25) is 14.2 Å². The van der Waals surface area contributed by atoms with E-state index in [1.165, 1.54) is 5.56 Å². The van der Waals surface area contributed by atoms with E-state index in [4.69, 9.17) is 0 Å². The number of aromatic hydroxyl groups is 1. The Morgan fingerprint density at radius 3 is 2.64 bits per heavy atom. The lowest BCUT2D eigenvalue weighted by Crippen LogP contribution is -2.37. The van der Waals surface area contributed by atoms with Gasteiger partial charge in [-0.25, -0.2) is 0 Å². The summed E-state index contributed by atoms with van der Waals surface area (Å²) < 4.78 is 1.55. The van der Waals surface area contributed by atoms with Crippen molar-refractivity contribution in [3.05, 3.63) is 57.6 Å². The van der Waals surface area contributed by atoms with Crippen molar-refractivity contribution in [3.8, 4) is 5.88 Å². The van der Waals surface area contributed by atoms with Gasteiger partial charge in [-0.15, -0.1) is 0 Å². The summed E-state index contributed by atoms with van der Waals surface area (Å²) in [6.45, 7) is 6.96. The number of benzene rings is 1. The van der Waals surface area contributed by atoms with Gasteiger partial charge in [-0.2, -0.15) is 4.98 Å². The molecule has 0 aliphatic carbocycles. The minimum atomic E-state index is -0.443. The lowest BCUT2D eigenvalue weighted by Gasteiger charge is -2.20. The summed E-state index contributed by atoms with van der Waals surface area (Å²) in [5.41, 5.74) is 0.541. The SMILES string of the molecule is CCCCc1nc(O)c(C(=O)N2CC[C@@H](c3ccccc3)C2)c(=O)n1C(C)C. The number of likely N-dealkylation sites (tertiary alicyclic amines) is 1. The number of carbonyl (C=O) groups excluding carboxylic acids is 1. The Morgan fingerprint density at radius 2 is 2.00 bits per heavy atom. The van der Waals surface area contributed by atoms with Crippen LogP contribution in [0.1, 0.15) is 73.7 Å². The molecule has 2 aromatic rings. The molecule has 6 heteroatoms. The third kappa shape index (κ3) is 3.96. The smallest absolute Gasteiger partial charge is 0.270 e. The number of amides is 1. The zero-order chi connectivity index (χ0) is 20.3. The molecule has 1 aliphatic rings. The molecular weight excluding hydrogens is 354 g/mol. The van der Waals surface area contributed by atoms with Gasteiger partial charge in [-0.05, 0) is 32.3 Å². The number of unbranched alkanes of at least 4 members (excludes halogenated alkanes) is 1. The van der Waals surface area contributed by atoms with Crippen molar-refractivity contribution in [1.82, 2.24) is 14.5 Å². The first kappa shape index (κ1) is 20.1. The molecule has 3 rings (SSSR count). The van der Waals surface area contributed by atoms with Crippen LogP contribution in [-0.4, -0.2) is 38.6 Å². The molecular formula is C22H29N3O3. The van der Waals surface area contributed by atoms with E-state index in [0.717, 1.165) is 19.3 Å². The highest BCUT2D eigenvalue weighted by Crippen LogP contribution is 2.28. The van der Waals surface area contributed by atoms with Crippen molar-refractivity contribution in [2.75, 3.05) is 13.1 Å². The van der Waals surface area contributed by atoms with E-state index in [9.17, 15) is 14.7 Å². The van der Waals surface area contributed by atoms with Gasteiger partial charge in [0.15, 0.2) is 5.56 Å². The van der Waals surface area contributed by atoms with Crippen LogP contribution in [0.3, 0.4) is 0 Å². The number of hydrogen-bond acceptors (Lipinski definition) is 4. The van der Waals surface area contributed by atoms with Crippen LogP contribution in [-0.2, 0) is 6.42 Å². The molecule has 1 aliphatic heterocycles.